The standard InChI is InChI=1S/C11H21NO/c1-10-3-2-5-11(6-4-10)9-12-7-8-13-11/h10,12H,2-9H2,1H3. The molecule has 0 radical (unpaired) electrons. The van der Waals surface area contributed by atoms with E-state index in [1.807, 2.05) is 0 Å². The molecule has 2 unspecified atom stereocenters. The summed E-state index contributed by atoms with van der Waals surface area (Å²) in [7, 11) is 0. The van der Waals surface area contributed by atoms with Gasteiger partial charge in [0.15, 0.2) is 0 Å². The Hall–Kier alpha value is -0.0800. The Labute approximate surface area is 81.0 Å². The Balaban J connectivity index is 1.95. The molecule has 1 aliphatic heterocycles. The number of hydrogen-bond donors (Lipinski definition) is 1. The number of hydrogen-bond acceptors (Lipinski definition) is 2. The Morgan fingerprint density at radius 3 is 3.00 bits per heavy atom. The van der Waals surface area contributed by atoms with E-state index >= 15 is 0 Å². The molecule has 2 fully saturated rings. The maximum Gasteiger partial charge on any atom is 0.0807 e. The van der Waals surface area contributed by atoms with E-state index in [4.69, 9.17) is 4.74 Å². The zero-order chi connectivity index (χ0) is 9.15. The fourth-order valence-electron chi connectivity index (χ4n) is 2.58. The lowest BCUT2D eigenvalue weighted by Crippen LogP contribution is -2.49. The smallest absolute Gasteiger partial charge is 0.0807 e. The number of nitrogens with one attached hydrogen (secondary N) is 1. The molecule has 1 N–H and O–H groups in total. The highest BCUT2D eigenvalue weighted by Crippen LogP contribution is 2.33. The van der Waals surface area contributed by atoms with Crippen molar-refractivity contribution >= 4 is 0 Å². The van der Waals surface area contributed by atoms with Gasteiger partial charge >= 0.3 is 0 Å². The molecule has 1 aliphatic carbocycles. The van der Waals surface area contributed by atoms with E-state index < -0.39 is 0 Å². The minimum absolute atomic E-state index is 0.211. The van der Waals surface area contributed by atoms with Crippen molar-refractivity contribution in [3.05, 3.63) is 0 Å². The van der Waals surface area contributed by atoms with Gasteiger partial charge in [-0.05, 0) is 25.2 Å². The molecule has 1 heterocycles. The molecule has 0 aromatic heterocycles. The molecule has 2 rings (SSSR count). The largest absolute Gasteiger partial charge is 0.372 e. The molecule has 76 valence electrons. The lowest BCUT2D eigenvalue weighted by atomic mass is 9.92. The molecular weight excluding hydrogens is 162 g/mol. The molecule has 0 bridgehead atoms. The van der Waals surface area contributed by atoms with Crippen LogP contribution < -0.4 is 5.32 Å². The predicted octanol–water partition coefficient (Wildman–Crippen LogP) is 1.95. The summed E-state index contributed by atoms with van der Waals surface area (Å²) in [5.74, 6) is 0.907. The van der Waals surface area contributed by atoms with Gasteiger partial charge in [0, 0.05) is 13.1 Å². The molecule has 0 aromatic carbocycles. The number of morpholine rings is 1. The first kappa shape index (κ1) is 9.47. The van der Waals surface area contributed by atoms with Gasteiger partial charge in [-0.1, -0.05) is 19.8 Å². The summed E-state index contributed by atoms with van der Waals surface area (Å²) in [6, 6.07) is 0. The van der Waals surface area contributed by atoms with Gasteiger partial charge < -0.3 is 10.1 Å². The average Bonchev–Trinajstić information content (AvgIpc) is 2.32. The molecule has 1 saturated carbocycles. The fraction of sp³-hybridized carbons (Fsp3) is 1.00. The summed E-state index contributed by atoms with van der Waals surface area (Å²) in [6.45, 7) is 5.40. The molecule has 0 aromatic rings. The fourth-order valence-corrected chi connectivity index (χ4v) is 2.58. The normalized spacial score (nSPS) is 41.8. The number of ether oxygens (including phenoxy) is 1. The van der Waals surface area contributed by atoms with E-state index in [0.29, 0.717) is 0 Å². The Morgan fingerprint density at radius 1 is 1.31 bits per heavy atom. The highest BCUT2D eigenvalue weighted by Gasteiger charge is 2.34. The first-order valence-corrected chi connectivity index (χ1v) is 5.65. The summed E-state index contributed by atoms with van der Waals surface area (Å²) in [4.78, 5) is 0. The highest BCUT2D eigenvalue weighted by atomic mass is 16.5. The van der Waals surface area contributed by atoms with Crippen LogP contribution in [0.3, 0.4) is 0 Å². The van der Waals surface area contributed by atoms with Crippen molar-refractivity contribution < 1.29 is 4.74 Å². The van der Waals surface area contributed by atoms with Crippen LogP contribution in [0.1, 0.15) is 39.0 Å². The van der Waals surface area contributed by atoms with Crippen molar-refractivity contribution in [3.63, 3.8) is 0 Å². The van der Waals surface area contributed by atoms with E-state index in [-0.39, 0.29) is 5.60 Å². The Kier molecular flexibility index (Phi) is 2.89. The van der Waals surface area contributed by atoms with Crippen molar-refractivity contribution in [1.82, 2.24) is 5.32 Å². The maximum atomic E-state index is 5.97. The van der Waals surface area contributed by atoms with Gasteiger partial charge in [-0.2, -0.15) is 0 Å². The van der Waals surface area contributed by atoms with Gasteiger partial charge in [-0.25, -0.2) is 0 Å². The van der Waals surface area contributed by atoms with Gasteiger partial charge in [0.2, 0.25) is 0 Å². The van der Waals surface area contributed by atoms with Gasteiger partial charge in [0.1, 0.15) is 0 Å². The van der Waals surface area contributed by atoms with Gasteiger partial charge in [-0.15, -0.1) is 0 Å². The van der Waals surface area contributed by atoms with E-state index in [1.54, 1.807) is 0 Å². The first-order chi connectivity index (χ1) is 6.31. The van der Waals surface area contributed by atoms with E-state index in [2.05, 4.69) is 12.2 Å². The van der Waals surface area contributed by atoms with Gasteiger partial charge in [0.05, 0.1) is 12.2 Å². The third-order valence-electron chi connectivity index (χ3n) is 3.56. The molecule has 0 amide bonds. The van der Waals surface area contributed by atoms with Crippen LogP contribution in [0.15, 0.2) is 0 Å². The summed E-state index contributed by atoms with van der Waals surface area (Å²) in [6.07, 6.45) is 6.63. The minimum Gasteiger partial charge on any atom is -0.372 e. The van der Waals surface area contributed by atoms with Crippen molar-refractivity contribution in [2.24, 2.45) is 5.92 Å². The third kappa shape index (κ3) is 2.23. The minimum atomic E-state index is 0.211. The summed E-state index contributed by atoms with van der Waals surface area (Å²) < 4.78 is 5.97. The van der Waals surface area contributed by atoms with Crippen LogP contribution >= 0.6 is 0 Å². The Bertz CT molecular complexity index is 163. The Morgan fingerprint density at radius 2 is 2.23 bits per heavy atom. The van der Waals surface area contributed by atoms with Crippen LogP contribution in [-0.4, -0.2) is 25.3 Å². The van der Waals surface area contributed by atoms with Gasteiger partial charge in [-0.3, -0.25) is 0 Å². The highest BCUT2D eigenvalue weighted by molar-refractivity contribution is 4.88. The monoisotopic (exact) mass is 183 g/mol. The summed E-state index contributed by atoms with van der Waals surface area (Å²) in [5, 5.41) is 3.46. The van der Waals surface area contributed by atoms with E-state index in [1.165, 1.54) is 32.1 Å². The molecule has 2 atom stereocenters. The second kappa shape index (κ2) is 3.97. The SMILES string of the molecule is CC1CCCC2(CC1)CNCCO2. The van der Waals surface area contributed by atoms with Crippen molar-refractivity contribution in [2.75, 3.05) is 19.7 Å². The van der Waals surface area contributed by atoms with Crippen molar-refractivity contribution in [2.45, 2.75) is 44.6 Å². The lowest BCUT2D eigenvalue weighted by Gasteiger charge is -2.37. The molecular formula is C11H21NO. The van der Waals surface area contributed by atoms with Crippen molar-refractivity contribution in [1.29, 1.82) is 0 Å². The van der Waals surface area contributed by atoms with Crippen LogP contribution in [0.5, 0.6) is 0 Å². The second-order valence-electron chi connectivity index (χ2n) is 4.74. The molecule has 1 saturated heterocycles. The third-order valence-corrected chi connectivity index (χ3v) is 3.56. The van der Waals surface area contributed by atoms with Crippen LogP contribution in [0.4, 0.5) is 0 Å². The van der Waals surface area contributed by atoms with Crippen LogP contribution in [0.25, 0.3) is 0 Å². The molecule has 13 heavy (non-hydrogen) atoms. The summed E-state index contributed by atoms with van der Waals surface area (Å²) >= 11 is 0. The molecule has 2 heteroatoms. The van der Waals surface area contributed by atoms with Crippen molar-refractivity contribution in [3.8, 4) is 0 Å². The maximum absolute atomic E-state index is 5.97. The lowest BCUT2D eigenvalue weighted by molar-refractivity contribution is -0.0755. The molecule has 2 aliphatic rings. The predicted molar refractivity (Wildman–Crippen MR) is 53.8 cm³/mol. The zero-order valence-corrected chi connectivity index (χ0v) is 8.64. The van der Waals surface area contributed by atoms with Crippen LogP contribution in [0.2, 0.25) is 0 Å². The molecule has 1 spiro atoms. The van der Waals surface area contributed by atoms with E-state index in [0.717, 1.165) is 25.6 Å². The first-order valence-electron chi connectivity index (χ1n) is 5.65. The molecule has 2 nitrogen and oxygen atoms in total. The topological polar surface area (TPSA) is 21.3 Å². The second-order valence-corrected chi connectivity index (χ2v) is 4.74. The quantitative estimate of drug-likeness (QED) is 0.619. The van der Waals surface area contributed by atoms with Gasteiger partial charge in [0.25, 0.3) is 0 Å². The van der Waals surface area contributed by atoms with Crippen LogP contribution in [0, 0.1) is 5.92 Å². The van der Waals surface area contributed by atoms with Crippen LogP contribution in [-0.2, 0) is 4.74 Å². The number of rotatable bonds is 0. The summed E-state index contributed by atoms with van der Waals surface area (Å²) in [5.41, 5.74) is 0.211. The average molecular weight is 183 g/mol. The van der Waals surface area contributed by atoms with E-state index in [9.17, 15) is 0 Å². The zero-order valence-electron chi connectivity index (χ0n) is 8.64.